The van der Waals surface area contributed by atoms with Crippen molar-refractivity contribution in [3.8, 4) is 0 Å². The van der Waals surface area contributed by atoms with Crippen LogP contribution in [0.25, 0.3) is 11.2 Å². The van der Waals surface area contributed by atoms with Gasteiger partial charge in [-0.15, -0.1) is 0 Å². The summed E-state index contributed by atoms with van der Waals surface area (Å²) in [7, 11) is 0. The maximum absolute atomic E-state index is 6.11. The molecule has 0 aliphatic heterocycles. The van der Waals surface area contributed by atoms with E-state index in [0.29, 0.717) is 33.7 Å². The van der Waals surface area contributed by atoms with E-state index < -0.39 is 0 Å². The molecule has 1 aromatic carbocycles. The fraction of sp³-hybridized carbons (Fsp3) is 0.353. The van der Waals surface area contributed by atoms with Crippen molar-refractivity contribution in [1.82, 2.24) is 19.5 Å². The van der Waals surface area contributed by atoms with Gasteiger partial charge < -0.3 is 5.73 Å². The van der Waals surface area contributed by atoms with Crippen LogP contribution in [0, 0.1) is 5.92 Å². The minimum absolute atomic E-state index is 0.430. The van der Waals surface area contributed by atoms with Crippen LogP contribution in [0.15, 0.2) is 40.2 Å². The minimum Gasteiger partial charge on any atom is -0.382 e. The molecule has 1 unspecified atom stereocenters. The van der Waals surface area contributed by atoms with Gasteiger partial charge in [0.15, 0.2) is 26.9 Å². The second-order valence-corrected chi connectivity index (χ2v) is 7.54. The van der Waals surface area contributed by atoms with Crippen molar-refractivity contribution in [3.63, 3.8) is 0 Å². The Kier molecular flexibility index (Phi) is 5.40. The molecule has 3 rings (SSSR count). The summed E-state index contributed by atoms with van der Waals surface area (Å²) in [6.07, 6.45) is 1.14. The van der Waals surface area contributed by atoms with Crippen molar-refractivity contribution in [3.05, 3.63) is 40.6 Å². The van der Waals surface area contributed by atoms with Gasteiger partial charge in [-0.1, -0.05) is 62.4 Å². The van der Waals surface area contributed by atoms with Gasteiger partial charge in [0.1, 0.15) is 0 Å². The summed E-state index contributed by atoms with van der Waals surface area (Å²) in [6.45, 7) is 5.10. The number of nitrogens with zero attached hydrogens (tertiary/aromatic N) is 4. The van der Waals surface area contributed by atoms with Crippen molar-refractivity contribution in [1.29, 1.82) is 0 Å². The van der Waals surface area contributed by atoms with Crippen LogP contribution in [0.2, 0.25) is 0 Å². The van der Waals surface area contributed by atoms with Crippen molar-refractivity contribution < 1.29 is 0 Å². The van der Waals surface area contributed by atoms with Gasteiger partial charge in [-0.2, -0.15) is 0 Å². The number of anilines is 1. The zero-order chi connectivity index (χ0) is 17.1. The molecule has 0 fully saturated rings. The fourth-order valence-electron chi connectivity index (χ4n) is 2.28. The molecule has 0 radical (unpaired) electrons. The number of rotatable bonds is 6. The fourth-order valence-corrected chi connectivity index (χ4v) is 3.73. The number of imidazole rings is 1. The van der Waals surface area contributed by atoms with E-state index in [1.807, 2.05) is 22.8 Å². The summed E-state index contributed by atoms with van der Waals surface area (Å²) in [5, 5.41) is 0.710. The molecule has 2 aromatic heterocycles. The SMILES string of the molecule is CCC(C)CSc1nc(N)c2nc(Br)n(Cc3ccccc3)c2n1. The molecule has 0 amide bonds. The average Bonchev–Trinajstić information content (AvgIpc) is 2.90. The Hall–Kier alpha value is -1.60. The van der Waals surface area contributed by atoms with E-state index in [1.54, 1.807) is 11.8 Å². The maximum Gasteiger partial charge on any atom is 0.191 e. The number of hydrogen-bond donors (Lipinski definition) is 1. The molecule has 7 heteroatoms. The molecule has 0 aliphatic carbocycles. The number of halogens is 1. The lowest BCUT2D eigenvalue weighted by atomic mass is 10.2. The molecule has 5 nitrogen and oxygen atoms in total. The highest BCUT2D eigenvalue weighted by Gasteiger charge is 2.16. The summed E-state index contributed by atoms with van der Waals surface area (Å²) in [5.74, 6) is 2.03. The third-order valence-corrected chi connectivity index (χ3v) is 5.71. The Morgan fingerprint density at radius 2 is 1.96 bits per heavy atom. The van der Waals surface area contributed by atoms with Gasteiger partial charge in [-0.05, 0) is 27.4 Å². The molecule has 0 aliphatic rings. The maximum atomic E-state index is 6.11. The third-order valence-electron chi connectivity index (χ3n) is 3.93. The smallest absolute Gasteiger partial charge is 0.191 e. The van der Waals surface area contributed by atoms with Gasteiger partial charge in [0, 0.05) is 5.75 Å². The minimum atomic E-state index is 0.430. The molecule has 3 aromatic rings. The Balaban J connectivity index is 1.96. The van der Waals surface area contributed by atoms with Crippen molar-refractivity contribution in [2.24, 2.45) is 5.92 Å². The number of nitrogen functional groups attached to an aromatic ring is 1. The molecular weight excluding hydrogens is 386 g/mol. The van der Waals surface area contributed by atoms with E-state index in [9.17, 15) is 0 Å². The van der Waals surface area contributed by atoms with Crippen LogP contribution in [0.1, 0.15) is 25.8 Å². The van der Waals surface area contributed by atoms with Gasteiger partial charge in [-0.25, -0.2) is 15.0 Å². The number of aromatic nitrogens is 4. The first-order valence-electron chi connectivity index (χ1n) is 7.94. The Morgan fingerprint density at radius 1 is 1.21 bits per heavy atom. The number of fused-ring (bicyclic) bond motifs is 1. The molecule has 0 saturated carbocycles. The lowest BCUT2D eigenvalue weighted by Crippen LogP contribution is -2.04. The normalized spacial score (nSPS) is 12.6. The standard InChI is InChI=1S/C17H20BrN5S/c1-3-11(2)10-24-17-21-14(19)13-15(22-17)23(16(18)20-13)9-12-7-5-4-6-8-12/h4-8,11H,3,9-10H2,1-2H3,(H2,19,21,22). The van der Waals surface area contributed by atoms with Gasteiger partial charge in [0.05, 0.1) is 6.54 Å². The number of nitrogens with two attached hydrogens (primary N) is 1. The second kappa shape index (κ2) is 7.53. The van der Waals surface area contributed by atoms with Crippen LogP contribution in [0.4, 0.5) is 5.82 Å². The van der Waals surface area contributed by atoms with Crippen molar-refractivity contribution >= 4 is 44.7 Å². The number of hydrogen-bond acceptors (Lipinski definition) is 5. The van der Waals surface area contributed by atoms with E-state index in [1.165, 1.54) is 5.56 Å². The first-order valence-corrected chi connectivity index (χ1v) is 9.72. The van der Waals surface area contributed by atoms with Crippen LogP contribution >= 0.6 is 27.7 Å². The lowest BCUT2D eigenvalue weighted by molar-refractivity contribution is 0.636. The largest absolute Gasteiger partial charge is 0.382 e. The Bertz CT molecular complexity index is 834. The van der Waals surface area contributed by atoms with E-state index in [4.69, 9.17) is 10.7 Å². The van der Waals surface area contributed by atoms with E-state index in [2.05, 4.69) is 51.9 Å². The van der Waals surface area contributed by atoms with Gasteiger partial charge in [0.2, 0.25) is 0 Å². The van der Waals surface area contributed by atoms with Crippen LogP contribution in [0.5, 0.6) is 0 Å². The zero-order valence-corrected chi connectivity index (χ0v) is 16.1. The summed E-state index contributed by atoms with van der Waals surface area (Å²) in [5.41, 5.74) is 8.71. The van der Waals surface area contributed by atoms with Gasteiger partial charge in [0.25, 0.3) is 0 Å². The Labute approximate surface area is 154 Å². The monoisotopic (exact) mass is 405 g/mol. The van der Waals surface area contributed by atoms with Crippen LogP contribution in [-0.4, -0.2) is 25.3 Å². The molecule has 0 spiro atoms. The van der Waals surface area contributed by atoms with Gasteiger partial charge >= 0.3 is 0 Å². The quantitative estimate of drug-likeness (QED) is 0.374. The molecule has 24 heavy (non-hydrogen) atoms. The molecule has 0 bridgehead atoms. The average molecular weight is 406 g/mol. The highest BCUT2D eigenvalue weighted by molar-refractivity contribution is 9.10. The molecule has 2 heterocycles. The van der Waals surface area contributed by atoms with Crippen LogP contribution in [0.3, 0.4) is 0 Å². The second-order valence-electron chi connectivity index (χ2n) is 5.84. The van der Waals surface area contributed by atoms with Crippen LogP contribution < -0.4 is 5.73 Å². The predicted octanol–water partition coefficient (Wildman–Crippen LogP) is 4.36. The number of benzene rings is 1. The first-order chi connectivity index (χ1) is 11.6. The summed E-state index contributed by atoms with van der Waals surface area (Å²) >= 11 is 5.17. The van der Waals surface area contributed by atoms with Crippen molar-refractivity contribution in [2.45, 2.75) is 32.0 Å². The molecule has 0 saturated heterocycles. The highest BCUT2D eigenvalue weighted by atomic mass is 79.9. The van der Waals surface area contributed by atoms with Gasteiger partial charge in [-0.3, -0.25) is 4.57 Å². The van der Waals surface area contributed by atoms with Crippen LogP contribution in [-0.2, 0) is 6.54 Å². The summed E-state index contributed by atoms with van der Waals surface area (Å²) < 4.78 is 2.74. The van der Waals surface area contributed by atoms with E-state index >= 15 is 0 Å². The number of thioether (sulfide) groups is 1. The lowest BCUT2D eigenvalue weighted by Gasteiger charge is -2.09. The summed E-state index contributed by atoms with van der Waals surface area (Å²) in [6, 6.07) is 10.2. The molecule has 126 valence electrons. The highest BCUT2D eigenvalue weighted by Crippen LogP contribution is 2.27. The topological polar surface area (TPSA) is 69.6 Å². The van der Waals surface area contributed by atoms with E-state index in [0.717, 1.165) is 17.8 Å². The third kappa shape index (κ3) is 3.72. The zero-order valence-electron chi connectivity index (χ0n) is 13.7. The molecule has 1 atom stereocenters. The summed E-state index contributed by atoms with van der Waals surface area (Å²) in [4.78, 5) is 13.6. The van der Waals surface area contributed by atoms with E-state index in [-0.39, 0.29) is 0 Å². The Morgan fingerprint density at radius 3 is 2.67 bits per heavy atom. The molecular formula is C17H20BrN5S. The van der Waals surface area contributed by atoms with Crippen molar-refractivity contribution in [2.75, 3.05) is 11.5 Å². The predicted molar refractivity (Wildman–Crippen MR) is 103 cm³/mol. The first kappa shape index (κ1) is 17.2. The molecule has 2 N–H and O–H groups in total.